The molecule has 1 atom stereocenters. The van der Waals surface area contributed by atoms with Crippen LogP contribution in [0.5, 0.6) is 5.75 Å². The zero-order valence-electron chi connectivity index (χ0n) is 20.5. The van der Waals surface area contributed by atoms with Crippen LogP contribution in [-0.2, 0) is 6.18 Å². The third kappa shape index (κ3) is 4.59. The molecular formula is C25H22F3N9O. The van der Waals surface area contributed by atoms with Gasteiger partial charge in [0.25, 0.3) is 0 Å². The number of likely N-dealkylation sites (tertiary alicyclic amines) is 1. The molecule has 0 aromatic carbocycles. The van der Waals surface area contributed by atoms with E-state index in [0.29, 0.717) is 29.9 Å². The summed E-state index contributed by atoms with van der Waals surface area (Å²) in [5.41, 5.74) is 2.01. The second-order valence-electron chi connectivity index (χ2n) is 9.11. The highest BCUT2D eigenvalue weighted by Crippen LogP contribution is 2.35. The van der Waals surface area contributed by atoms with Crippen molar-refractivity contribution in [1.29, 1.82) is 10.5 Å². The second kappa shape index (κ2) is 9.67. The molecule has 1 aliphatic heterocycles. The van der Waals surface area contributed by atoms with Gasteiger partial charge < -0.3 is 9.64 Å². The van der Waals surface area contributed by atoms with E-state index in [1.165, 1.54) is 16.9 Å². The van der Waals surface area contributed by atoms with Crippen molar-refractivity contribution in [3.8, 4) is 29.3 Å². The molecule has 0 bridgehead atoms. The Morgan fingerprint density at radius 3 is 2.58 bits per heavy atom. The lowest BCUT2D eigenvalue weighted by Crippen LogP contribution is -2.31. The molecule has 4 aromatic rings. The third-order valence-corrected chi connectivity index (χ3v) is 6.71. The van der Waals surface area contributed by atoms with E-state index in [2.05, 4.69) is 32.7 Å². The number of nitriles is 2. The van der Waals surface area contributed by atoms with Crippen molar-refractivity contribution in [3.63, 3.8) is 0 Å². The molecule has 194 valence electrons. The molecule has 38 heavy (non-hydrogen) atoms. The van der Waals surface area contributed by atoms with Gasteiger partial charge in [-0.25, -0.2) is 9.20 Å². The molecule has 1 saturated heterocycles. The standard InChI is InChI=1S/C25H22F3N9O/c1-15-23(33-34-37(15)21-3-5-35(14-30)6-4-21)18-8-22(24-19(9-29)11-32-36(24)13-18)38-16(2)17-7-20(12-31-10-17)25(26,27)28/h7-8,10-13,16,21H,3-6H2,1-2H3. The number of piperidine rings is 1. The molecule has 0 saturated carbocycles. The van der Waals surface area contributed by atoms with E-state index in [4.69, 9.17) is 10.00 Å². The lowest BCUT2D eigenvalue weighted by molar-refractivity contribution is -0.137. The van der Waals surface area contributed by atoms with Crippen LogP contribution in [-0.4, -0.2) is 47.6 Å². The smallest absolute Gasteiger partial charge is 0.417 e. The number of aromatic nitrogens is 6. The van der Waals surface area contributed by atoms with Gasteiger partial charge in [0.1, 0.15) is 34.7 Å². The van der Waals surface area contributed by atoms with Gasteiger partial charge >= 0.3 is 6.18 Å². The quantitative estimate of drug-likeness (QED) is 0.353. The third-order valence-electron chi connectivity index (χ3n) is 6.71. The Morgan fingerprint density at radius 2 is 1.89 bits per heavy atom. The van der Waals surface area contributed by atoms with Crippen molar-refractivity contribution in [1.82, 2.24) is 34.5 Å². The Bertz CT molecular complexity index is 1570. The van der Waals surface area contributed by atoms with Crippen LogP contribution in [0, 0.1) is 29.7 Å². The summed E-state index contributed by atoms with van der Waals surface area (Å²) in [6.07, 6.45) is 3.53. The maximum absolute atomic E-state index is 13.2. The normalized spacial score (nSPS) is 15.3. The molecule has 0 radical (unpaired) electrons. The van der Waals surface area contributed by atoms with Crippen LogP contribution in [0.25, 0.3) is 16.8 Å². The van der Waals surface area contributed by atoms with Crippen molar-refractivity contribution in [3.05, 3.63) is 59.3 Å². The van der Waals surface area contributed by atoms with Gasteiger partial charge in [0, 0.05) is 42.8 Å². The summed E-state index contributed by atoms with van der Waals surface area (Å²) in [6.45, 7) is 4.80. The van der Waals surface area contributed by atoms with Crippen molar-refractivity contribution in [2.75, 3.05) is 13.1 Å². The van der Waals surface area contributed by atoms with Crippen LogP contribution in [0.3, 0.4) is 0 Å². The lowest BCUT2D eigenvalue weighted by atomic mass is 10.0. The SMILES string of the molecule is Cc1c(-c2cc(OC(C)c3cncc(C(F)(F)F)c3)c3c(C#N)cnn3c2)nnn1C1CCN(C#N)CC1. The van der Waals surface area contributed by atoms with Crippen molar-refractivity contribution in [2.45, 2.75) is 45.0 Å². The van der Waals surface area contributed by atoms with Crippen molar-refractivity contribution >= 4 is 5.52 Å². The monoisotopic (exact) mass is 521 g/mol. The summed E-state index contributed by atoms with van der Waals surface area (Å²) in [4.78, 5) is 5.44. The van der Waals surface area contributed by atoms with Crippen LogP contribution < -0.4 is 4.74 Å². The fraction of sp³-hybridized carbons (Fsp3) is 0.360. The van der Waals surface area contributed by atoms with E-state index >= 15 is 0 Å². The molecular weight excluding hydrogens is 499 g/mol. The van der Waals surface area contributed by atoms with Crippen molar-refractivity contribution in [2.24, 2.45) is 0 Å². The van der Waals surface area contributed by atoms with E-state index < -0.39 is 17.8 Å². The van der Waals surface area contributed by atoms with E-state index in [9.17, 15) is 18.4 Å². The highest BCUT2D eigenvalue weighted by atomic mass is 19.4. The summed E-state index contributed by atoms with van der Waals surface area (Å²) in [7, 11) is 0. The largest absolute Gasteiger partial charge is 0.484 e. The van der Waals surface area contributed by atoms with Gasteiger partial charge in [-0.15, -0.1) is 5.10 Å². The number of rotatable bonds is 5. The predicted molar refractivity (Wildman–Crippen MR) is 127 cm³/mol. The van der Waals surface area contributed by atoms with E-state index in [-0.39, 0.29) is 22.9 Å². The summed E-state index contributed by atoms with van der Waals surface area (Å²) < 4.78 is 49.1. The fourth-order valence-corrected chi connectivity index (χ4v) is 4.64. The first-order valence-electron chi connectivity index (χ1n) is 11.9. The first-order chi connectivity index (χ1) is 18.2. The van der Waals surface area contributed by atoms with Gasteiger partial charge in [0.05, 0.1) is 23.5 Å². The van der Waals surface area contributed by atoms with E-state index in [1.54, 1.807) is 24.1 Å². The molecule has 0 amide bonds. The van der Waals surface area contributed by atoms with E-state index in [0.717, 1.165) is 30.8 Å². The zero-order chi connectivity index (χ0) is 27.0. The molecule has 4 aromatic heterocycles. The number of halogens is 3. The fourth-order valence-electron chi connectivity index (χ4n) is 4.64. The molecule has 0 aliphatic carbocycles. The molecule has 0 spiro atoms. The number of pyridine rings is 2. The number of ether oxygens (including phenoxy) is 1. The topological polar surface area (TPSA) is 121 Å². The Morgan fingerprint density at radius 1 is 1.13 bits per heavy atom. The maximum atomic E-state index is 13.2. The molecule has 1 aliphatic rings. The Labute approximate surface area is 215 Å². The second-order valence-corrected chi connectivity index (χ2v) is 9.11. The van der Waals surface area contributed by atoms with E-state index in [1.807, 2.05) is 11.6 Å². The first-order valence-corrected chi connectivity index (χ1v) is 11.9. The molecule has 10 nitrogen and oxygen atoms in total. The number of nitrogens with zero attached hydrogens (tertiary/aromatic N) is 9. The van der Waals surface area contributed by atoms with Crippen LogP contribution >= 0.6 is 0 Å². The first kappa shape index (κ1) is 25.0. The number of alkyl halides is 3. The van der Waals surface area contributed by atoms with Gasteiger partial charge in [-0.1, -0.05) is 5.21 Å². The van der Waals surface area contributed by atoms with Crippen LogP contribution in [0.4, 0.5) is 13.2 Å². The zero-order valence-corrected chi connectivity index (χ0v) is 20.5. The minimum atomic E-state index is -4.54. The molecule has 13 heteroatoms. The molecule has 1 fully saturated rings. The van der Waals surface area contributed by atoms with Gasteiger partial charge in [-0.3, -0.25) is 4.98 Å². The van der Waals surface area contributed by atoms with Gasteiger partial charge in [-0.05, 0) is 38.8 Å². The summed E-state index contributed by atoms with van der Waals surface area (Å²) in [5, 5.41) is 31.7. The predicted octanol–water partition coefficient (Wildman–Crippen LogP) is 4.44. The minimum absolute atomic E-state index is 0.101. The Kier molecular flexibility index (Phi) is 6.36. The number of hydrogen-bond acceptors (Lipinski definition) is 8. The van der Waals surface area contributed by atoms with Crippen molar-refractivity contribution < 1.29 is 17.9 Å². The molecule has 5 rings (SSSR count). The van der Waals surface area contributed by atoms with Crippen LogP contribution in [0.1, 0.15) is 54.3 Å². The minimum Gasteiger partial charge on any atom is -0.484 e. The number of fused-ring (bicyclic) bond motifs is 1. The van der Waals surface area contributed by atoms with Gasteiger partial charge in [-0.2, -0.15) is 28.8 Å². The molecule has 5 heterocycles. The Balaban J connectivity index is 1.51. The van der Waals surface area contributed by atoms with Gasteiger partial charge in [0.2, 0.25) is 0 Å². The van der Waals surface area contributed by atoms with Crippen LogP contribution in [0.2, 0.25) is 0 Å². The highest BCUT2D eigenvalue weighted by Gasteiger charge is 2.32. The summed E-state index contributed by atoms with van der Waals surface area (Å²) in [5.74, 6) is 0.262. The van der Waals surface area contributed by atoms with Gasteiger partial charge in [0.15, 0.2) is 6.19 Å². The summed E-state index contributed by atoms with van der Waals surface area (Å²) in [6, 6.07) is 4.86. The average Bonchev–Trinajstić information content (AvgIpc) is 3.51. The number of hydrogen-bond donors (Lipinski definition) is 0. The van der Waals surface area contributed by atoms with Crippen LogP contribution in [0.15, 0.2) is 36.9 Å². The summed E-state index contributed by atoms with van der Waals surface area (Å²) >= 11 is 0. The average molecular weight is 522 g/mol. The lowest BCUT2D eigenvalue weighted by Gasteiger charge is -2.28. The highest BCUT2D eigenvalue weighted by molar-refractivity contribution is 5.74. The maximum Gasteiger partial charge on any atom is 0.417 e. The molecule has 0 N–H and O–H groups in total. The molecule has 1 unspecified atom stereocenters. The Hall–Kier alpha value is -4.65.